The highest BCUT2D eigenvalue weighted by Gasteiger charge is 1.94. The van der Waals surface area contributed by atoms with Crippen LogP contribution in [0.15, 0.2) is 17.1 Å². The SMILES string of the molecule is CCCCCCCCn1ccc(=O)s1. The summed E-state index contributed by atoms with van der Waals surface area (Å²) in [5.41, 5.74) is 0. The minimum Gasteiger partial charge on any atom is -0.302 e. The third kappa shape index (κ3) is 4.61. The topological polar surface area (TPSA) is 22.0 Å². The molecule has 3 heteroatoms. The van der Waals surface area contributed by atoms with Crippen LogP contribution >= 0.6 is 11.5 Å². The molecule has 0 aliphatic carbocycles. The minimum atomic E-state index is 0.163. The first-order valence-corrected chi connectivity index (χ1v) is 6.27. The van der Waals surface area contributed by atoms with E-state index in [1.165, 1.54) is 50.1 Å². The molecule has 0 aliphatic rings. The molecule has 0 spiro atoms. The van der Waals surface area contributed by atoms with E-state index in [9.17, 15) is 4.79 Å². The molecule has 0 bridgehead atoms. The van der Waals surface area contributed by atoms with Crippen molar-refractivity contribution in [1.82, 2.24) is 3.96 Å². The maximum atomic E-state index is 10.9. The number of hydrogen-bond acceptors (Lipinski definition) is 2. The molecule has 1 heterocycles. The summed E-state index contributed by atoms with van der Waals surface area (Å²) >= 11 is 1.32. The van der Waals surface area contributed by atoms with Gasteiger partial charge in [0, 0.05) is 18.8 Å². The molecule has 0 fully saturated rings. The molecule has 14 heavy (non-hydrogen) atoms. The van der Waals surface area contributed by atoms with Crippen molar-refractivity contribution < 1.29 is 0 Å². The predicted octanol–water partition coefficient (Wildman–Crippen LogP) is 3.27. The third-order valence-electron chi connectivity index (χ3n) is 2.32. The van der Waals surface area contributed by atoms with Crippen LogP contribution in [0.1, 0.15) is 45.4 Å². The normalized spacial score (nSPS) is 10.6. The fourth-order valence-corrected chi connectivity index (χ4v) is 2.18. The average Bonchev–Trinajstić information content (AvgIpc) is 2.58. The van der Waals surface area contributed by atoms with Crippen molar-refractivity contribution in [2.45, 2.75) is 52.0 Å². The molecule has 0 saturated carbocycles. The molecule has 2 nitrogen and oxygen atoms in total. The Morgan fingerprint density at radius 2 is 1.93 bits per heavy atom. The lowest BCUT2D eigenvalue weighted by Crippen LogP contribution is -1.92. The van der Waals surface area contributed by atoms with E-state index in [1.54, 1.807) is 6.07 Å². The molecule has 0 radical (unpaired) electrons. The van der Waals surface area contributed by atoms with E-state index in [0.717, 1.165) is 6.54 Å². The molecule has 0 amide bonds. The van der Waals surface area contributed by atoms with Crippen LogP contribution in [-0.4, -0.2) is 3.96 Å². The monoisotopic (exact) mass is 213 g/mol. The quantitative estimate of drug-likeness (QED) is 0.637. The smallest absolute Gasteiger partial charge is 0.249 e. The van der Waals surface area contributed by atoms with Gasteiger partial charge < -0.3 is 3.96 Å². The summed E-state index contributed by atoms with van der Waals surface area (Å²) in [5.74, 6) is 0. The van der Waals surface area contributed by atoms with Gasteiger partial charge in [-0.25, -0.2) is 0 Å². The Bertz CT molecular complexity index is 289. The van der Waals surface area contributed by atoms with E-state index in [0.29, 0.717) is 0 Å². The van der Waals surface area contributed by atoms with Crippen LogP contribution in [0.3, 0.4) is 0 Å². The Balaban J connectivity index is 2.02. The third-order valence-corrected chi connectivity index (χ3v) is 3.17. The van der Waals surface area contributed by atoms with Crippen LogP contribution in [0, 0.1) is 0 Å². The highest BCUT2D eigenvalue weighted by atomic mass is 32.1. The molecule has 1 rings (SSSR count). The van der Waals surface area contributed by atoms with Gasteiger partial charge in [0.15, 0.2) is 0 Å². The summed E-state index contributed by atoms with van der Waals surface area (Å²) in [4.78, 5) is 10.9. The molecular formula is C11H19NOS. The van der Waals surface area contributed by atoms with Crippen molar-refractivity contribution in [3.63, 3.8) is 0 Å². The zero-order valence-corrected chi connectivity index (χ0v) is 9.68. The fraction of sp³-hybridized carbons (Fsp3) is 0.727. The maximum Gasteiger partial charge on any atom is 0.249 e. The molecular weight excluding hydrogens is 194 g/mol. The zero-order chi connectivity index (χ0) is 10.2. The van der Waals surface area contributed by atoms with E-state index in [4.69, 9.17) is 0 Å². The number of unbranched alkanes of at least 4 members (excludes halogenated alkanes) is 5. The van der Waals surface area contributed by atoms with Gasteiger partial charge in [-0.1, -0.05) is 39.0 Å². The van der Waals surface area contributed by atoms with Gasteiger partial charge >= 0.3 is 0 Å². The summed E-state index contributed by atoms with van der Waals surface area (Å²) in [6.45, 7) is 3.25. The second-order valence-electron chi connectivity index (χ2n) is 3.63. The average molecular weight is 213 g/mol. The van der Waals surface area contributed by atoms with Crippen LogP contribution in [0.4, 0.5) is 0 Å². The zero-order valence-electron chi connectivity index (χ0n) is 8.87. The minimum absolute atomic E-state index is 0.163. The van der Waals surface area contributed by atoms with Crippen LogP contribution in [0.2, 0.25) is 0 Å². The summed E-state index contributed by atoms with van der Waals surface area (Å²) in [6, 6.07) is 1.64. The number of aryl methyl sites for hydroxylation is 1. The van der Waals surface area contributed by atoms with Crippen molar-refractivity contribution in [3.05, 3.63) is 21.8 Å². The van der Waals surface area contributed by atoms with E-state index in [1.807, 2.05) is 10.2 Å². The maximum absolute atomic E-state index is 10.9. The number of nitrogens with zero attached hydrogens (tertiary/aromatic N) is 1. The van der Waals surface area contributed by atoms with Gasteiger partial charge in [0.1, 0.15) is 0 Å². The molecule has 0 N–H and O–H groups in total. The summed E-state index contributed by atoms with van der Waals surface area (Å²) < 4.78 is 2.19. The van der Waals surface area contributed by atoms with E-state index >= 15 is 0 Å². The first-order chi connectivity index (χ1) is 6.83. The largest absolute Gasteiger partial charge is 0.302 e. The molecule has 1 aromatic rings. The highest BCUT2D eigenvalue weighted by molar-refractivity contribution is 7.03. The lowest BCUT2D eigenvalue weighted by atomic mass is 10.1. The van der Waals surface area contributed by atoms with Gasteiger partial charge in [-0.05, 0) is 18.0 Å². The number of hydrogen-bond donors (Lipinski definition) is 0. The predicted molar refractivity (Wildman–Crippen MR) is 62.0 cm³/mol. The first kappa shape index (κ1) is 11.5. The van der Waals surface area contributed by atoms with E-state index in [2.05, 4.69) is 6.92 Å². The molecule has 0 atom stereocenters. The van der Waals surface area contributed by atoms with Gasteiger partial charge in [0.2, 0.25) is 4.74 Å². The number of aromatic nitrogens is 1. The second-order valence-corrected chi connectivity index (χ2v) is 4.69. The van der Waals surface area contributed by atoms with Crippen molar-refractivity contribution in [2.75, 3.05) is 0 Å². The Morgan fingerprint density at radius 1 is 1.21 bits per heavy atom. The van der Waals surface area contributed by atoms with Gasteiger partial charge in [-0.3, -0.25) is 4.79 Å². The van der Waals surface area contributed by atoms with Gasteiger partial charge in [-0.15, -0.1) is 0 Å². The van der Waals surface area contributed by atoms with Crippen molar-refractivity contribution >= 4 is 11.5 Å². The van der Waals surface area contributed by atoms with Crippen LogP contribution < -0.4 is 4.74 Å². The number of rotatable bonds is 7. The molecule has 0 aliphatic heterocycles. The van der Waals surface area contributed by atoms with Gasteiger partial charge in [0.25, 0.3) is 0 Å². The Kier molecular flexibility index (Phi) is 5.60. The standard InChI is InChI=1S/C11H19NOS/c1-2-3-4-5-6-7-9-12-10-8-11(13)14-12/h8,10H,2-7,9H2,1H3. The second kappa shape index (κ2) is 6.82. The summed E-state index contributed by atoms with van der Waals surface area (Å²) in [7, 11) is 0. The van der Waals surface area contributed by atoms with E-state index in [-0.39, 0.29) is 4.74 Å². The first-order valence-electron chi connectivity index (χ1n) is 5.49. The van der Waals surface area contributed by atoms with Crippen LogP contribution in [0.5, 0.6) is 0 Å². The lowest BCUT2D eigenvalue weighted by molar-refractivity contribution is 0.573. The Labute approximate surface area is 89.7 Å². The molecule has 0 saturated heterocycles. The molecule has 0 unspecified atom stereocenters. The van der Waals surface area contributed by atoms with Crippen molar-refractivity contribution in [1.29, 1.82) is 0 Å². The lowest BCUT2D eigenvalue weighted by Gasteiger charge is -2.01. The van der Waals surface area contributed by atoms with Crippen molar-refractivity contribution in [3.8, 4) is 0 Å². The molecule has 0 aromatic carbocycles. The highest BCUT2D eigenvalue weighted by Crippen LogP contribution is 2.06. The van der Waals surface area contributed by atoms with Crippen LogP contribution in [-0.2, 0) is 6.54 Å². The fourth-order valence-electron chi connectivity index (χ4n) is 1.49. The van der Waals surface area contributed by atoms with Gasteiger partial charge in [0.05, 0.1) is 0 Å². The summed E-state index contributed by atoms with van der Waals surface area (Å²) in [6.07, 6.45) is 9.74. The molecule has 80 valence electrons. The van der Waals surface area contributed by atoms with Crippen molar-refractivity contribution in [2.24, 2.45) is 0 Å². The summed E-state index contributed by atoms with van der Waals surface area (Å²) in [5, 5.41) is 0. The van der Waals surface area contributed by atoms with Gasteiger partial charge in [-0.2, -0.15) is 0 Å². The molecule has 1 aromatic heterocycles. The van der Waals surface area contributed by atoms with Crippen LogP contribution in [0.25, 0.3) is 0 Å². The van der Waals surface area contributed by atoms with E-state index < -0.39 is 0 Å². The Hall–Kier alpha value is -0.570. The Morgan fingerprint density at radius 3 is 2.57 bits per heavy atom.